The van der Waals surface area contributed by atoms with Crippen molar-refractivity contribution in [3.8, 4) is 0 Å². The number of rotatable bonds is 7. The second-order valence-electron chi connectivity index (χ2n) is 5.68. The largest absolute Gasteiger partial charge is 0.468 e. The third kappa shape index (κ3) is 4.06. The molecular formula is C17H20ClNO5. The topological polar surface area (TPSA) is 81.7 Å². The van der Waals surface area contributed by atoms with Crippen molar-refractivity contribution in [1.29, 1.82) is 0 Å². The van der Waals surface area contributed by atoms with Gasteiger partial charge in [0.25, 0.3) is 0 Å². The Labute approximate surface area is 145 Å². The van der Waals surface area contributed by atoms with Crippen molar-refractivity contribution in [2.45, 2.75) is 32.2 Å². The third-order valence-electron chi connectivity index (χ3n) is 3.99. The second kappa shape index (κ2) is 7.66. The molecule has 6 nitrogen and oxygen atoms in total. The molecule has 0 aliphatic heterocycles. The number of nitrogens with one attached hydrogen (secondary N) is 1. The molecule has 1 amide bonds. The van der Waals surface area contributed by atoms with Gasteiger partial charge in [-0.3, -0.25) is 9.59 Å². The standard InChI is InChI=1S/C17H20ClNO5/c1-3-24-14(20)13(10-11-4-6-12(18)7-5-11)19-15(21)17(8-9-17)16(22)23-2/h4-7,13H,3,8-10H2,1-2H3,(H,19,21). The first kappa shape index (κ1) is 18.3. The number of methoxy groups -OCH3 is 1. The zero-order valence-electron chi connectivity index (χ0n) is 13.6. The van der Waals surface area contributed by atoms with Gasteiger partial charge in [-0.25, -0.2) is 4.79 Å². The molecule has 1 fully saturated rings. The molecule has 1 aliphatic rings. The average molecular weight is 354 g/mol. The molecule has 1 aliphatic carbocycles. The van der Waals surface area contributed by atoms with E-state index in [1.165, 1.54) is 7.11 Å². The summed E-state index contributed by atoms with van der Waals surface area (Å²) in [5.41, 5.74) is -0.347. The van der Waals surface area contributed by atoms with Gasteiger partial charge in [0.15, 0.2) is 0 Å². The molecule has 130 valence electrons. The Morgan fingerprint density at radius 3 is 2.38 bits per heavy atom. The first-order valence-electron chi connectivity index (χ1n) is 7.73. The van der Waals surface area contributed by atoms with E-state index in [1.54, 1.807) is 31.2 Å². The number of carbonyl (C=O) groups excluding carboxylic acids is 3. The number of esters is 2. The number of benzene rings is 1. The van der Waals surface area contributed by atoms with Crippen LogP contribution in [0.2, 0.25) is 5.02 Å². The van der Waals surface area contributed by atoms with Crippen LogP contribution in [0.5, 0.6) is 0 Å². The highest BCUT2D eigenvalue weighted by Crippen LogP contribution is 2.47. The Balaban J connectivity index is 2.11. The van der Waals surface area contributed by atoms with Gasteiger partial charge in [-0.15, -0.1) is 0 Å². The highest BCUT2D eigenvalue weighted by molar-refractivity contribution is 6.30. The maximum atomic E-state index is 12.5. The van der Waals surface area contributed by atoms with Crippen molar-refractivity contribution >= 4 is 29.4 Å². The fraction of sp³-hybridized carbons (Fsp3) is 0.471. The minimum absolute atomic E-state index is 0.202. The van der Waals surface area contributed by atoms with Gasteiger partial charge < -0.3 is 14.8 Å². The first-order chi connectivity index (χ1) is 11.4. The van der Waals surface area contributed by atoms with Gasteiger partial charge >= 0.3 is 11.9 Å². The van der Waals surface area contributed by atoms with E-state index in [9.17, 15) is 14.4 Å². The molecule has 1 saturated carbocycles. The summed E-state index contributed by atoms with van der Waals surface area (Å²) < 4.78 is 9.71. The van der Waals surface area contributed by atoms with E-state index in [2.05, 4.69) is 10.1 Å². The minimum Gasteiger partial charge on any atom is -0.468 e. The van der Waals surface area contributed by atoms with Gasteiger partial charge in [-0.2, -0.15) is 0 Å². The van der Waals surface area contributed by atoms with Crippen LogP contribution >= 0.6 is 11.6 Å². The molecule has 2 rings (SSSR count). The van der Waals surface area contributed by atoms with Gasteiger partial charge in [0.1, 0.15) is 11.5 Å². The molecule has 1 atom stereocenters. The first-order valence-corrected chi connectivity index (χ1v) is 8.11. The van der Waals surface area contributed by atoms with E-state index >= 15 is 0 Å². The summed E-state index contributed by atoms with van der Waals surface area (Å²) in [6.07, 6.45) is 1.09. The van der Waals surface area contributed by atoms with Crippen molar-refractivity contribution in [2.24, 2.45) is 5.41 Å². The van der Waals surface area contributed by atoms with E-state index in [-0.39, 0.29) is 13.0 Å². The molecule has 1 N–H and O–H groups in total. The molecule has 0 saturated heterocycles. The quantitative estimate of drug-likeness (QED) is 0.598. The Hall–Kier alpha value is -2.08. The maximum absolute atomic E-state index is 12.5. The Morgan fingerprint density at radius 2 is 1.88 bits per heavy atom. The van der Waals surface area contributed by atoms with Crippen LogP contribution in [0.3, 0.4) is 0 Å². The summed E-state index contributed by atoms with van der Waals surface area (Å²) in [7, 11) is 1.24. The summed E-state index contributed by atoms with van der Waals surface area (Å²) in [5, 5.41) is 3.22. The average Bonchev–Trinajstić information content (AvgIpc) is 3.37. The second-order valence-corrected chi connectivity index (χ2v) is 6.12. The lowest BCUT2D eigenvalue weighted by molar-refractivity contribution is -0.155. The molecule has 0 radical (unpaired) electrons. The predicted molar refractivity (Wildman–Crippen MR) is 87.4 cm³/mol. The summed E-state index contributed by atoms with van der Waals surface area (Å²) >= 11 is 5.85. The lowest BCUT2D eigenvalue weighted by atomic mass is 10.0. The molecule has 0 spiro atoms. The summed E-state index contributed by atoms with van der Waals surface area (Å²) in [5.74, 6) is -1.61. The van der Waals surface area contributed by atoms with E-state index in [0.717, 1.165) is 5.56 Å². The van der Waals surface area contributed by atoms with Crippen molar-refractivity contribution in [3.63, 3.8) is 0 Å². The van der Waals surface area contributed by atoms with Crippen LogP contribution in [0.25, 0.3) is 0 Å². The van der Waals surface area contributed by atoms with Gasteiger partial charge in [-0.05, 0) is 37.5 Å². The Morgan fingerprint density at radius 1 is 1.25 bits per heavy atom. The van der Waals surface area contributed by atoms with Crippen molar-refractivity contribution in [1.82, 2.24) is 5.32 Å². The molecule has 1 unspecified atom stereocenters. The molecule has 24 heavy (non-hydrogen) atoms. The fourth-order valence-corrected chi connectivity index (χ4v) is 2.56. The number of halogens is 1. The van der Waals surface area contributed by atoms with Crippen molar-refractivity contribution < 1.29 is 23.9 Å². The van der Waals surface area contributed by atoms with Gasteiger partial charge in [-0.1, -0.05) is 23.7 Å². The van der Waals surface area contributed by atoms with Crippen LogP contribution in [0, 0.1) is 5.41 Å². The molecule has 1 aromatic carbocycles. The molecule has 0 aromatic heterocycles. The summed E-state index contributed by atoms with van der Waals surface area (Å²) in [6, 6.07) is 6.08. The van der Waals surface area contributed by atoms with Crippen LogP contribution in [0.4, 0.5) is 0 Å². The summed E-state index contributed by atoms with van der Waals surface area (Å²) in [4.78, 5) is 36.4. The fourth-order valence-electron chi connectivity index (χ4n) is 2.43. The lowest BCUT2D eigenvalue weighted by Crippen LogP contribution is -2.48. The SMILES string of the molecule is CCOC(=O)C(Cc1ccc(Cl)cc1)NC(=O)C1(C(=O)OC)CC1. The molecule has 7 heteroatoms. The van der Waals surface area contributed by atoms with Gasteiger partial charge in [0, 0.05) is 11.4 Å². The van der Waals surface area contributed by atoms with Crippen molar-refractivity contribution in [3.05, 3.63) is 34.9 Å². The normalized spacial score (nSPS) is 16.0. The summed E-state index contributed by atoms with van der Waals surface area (Å²) in [6.45, 7) is 1.89. The van der Waals surface area contributed by atoms with E-state index in [0.29, 0.717) is 17.9 Å². The highest BCUT2D eigenvalue weighted by atomic mass is 35.5. The predicted octanol–water partition coefficient (Wildman–Crippen LogP) is 1.88. The number of hydrogen-bond acceptors (Lipinski definition) is 5. The van der Waals surface area contributed by atoms with Crippen LogP contribution in [-0.4, -0.2) is 37.6 Å². The maximum Gasteiger partial charge on any atom is 0.328 e. The van der Waals surface area contributed by atoms with E-state index < -0.39 is 29.3 Å². The molecule has 0 bridgehead atoms. The van der Waals surface area contributed by atoms with Crippen molar-refractivity contribution in [2.75, 3.05) is 13.7 Å². The van der Waals surface area contributed by atoms with Gasteiger partial charge in [0.2, 0.25) is 5.91 Å². The zero-order chi connectivity index (χ0) is 17.7. The van der Waals surface area contributed by atoms with Gasteiger partial charge in [0.05, 0.1) is 13.7 Å². The molecule has 0 heterocycles. The number of amides is 1. The van der Waals surface area contributed by atoms with E-state index in [1.807, 2.05) is 0 Å². The van der Waals surface area contributed by atoms with Crippen LogP contribution in [-0.2, 0) is 30.3 Å². The number of carbonyl (C=O) groups is 3. The Kier molecular flexibility index (Phi) is 5.83. The highest BCUT2D eigenvalue weighted by Gasteiger charge is 2.58. The lowest BCUT2D eigenvalue weighted by Gasteiger charge is -2.20. The van der Waals surface area contributed by atoms with Crippen LogP contribution in [0.1, 0.15) is 25.3 Å². The Bertz CT molecular complexity index is 624. The minimum atomic E-state index is -1.17. The number of hydrogen-bond donors (Lipinski definition) is 1. The monoisotopic (exact) mass is 353 g/mol. The number of ether oxygens (including phenoxy) is 2. The van der Waals surface area contributed by atoms with Crippen LogP contribution in [0.15, 0.2) is 24.3 Å². The molecular weight excluding hydrogens is 334 g/mol. The third-order valence-corrected chi connectivity index (χ3v) is 4.24. The zero-order valence-corrected chi connectivity index (χ0v) is 14.4. The smallest absolute Gasteiger partial charge is 0.328 e. The van der Waals surface area contributed by atoms with E-state index in [4.69, 9.17) is 16.3 Å². The molecule has 1 aromatic rings. The van der Waals surface area contributed by atoms with Crippen LogP contribution < -0.4 is 5.32 Å².